The molecule has 0 unspecified atom stereocenters. The molecule has 1 heterocycles. The van der Waals surface area contributed by atoms with Gasteiger partial charge in [0.15, 0.2) is 5.75 Å². The lowest BCUT2D eigenvalue weighted by atomic mass is 10.2. The van der Waals surface area contributed by atoms with E-state index in [1.165, 1.54) is 19.2 Å². The van der Waals surface area contributed by atoms with Crippen LogP contribution in [0.3, 0.4) is 0 Å². The van der Waals surface area contributed by atoms with Crippen LogP contribution in [0, 0.1) is 10.1 Å². The highest BCUT2D eigenvalue weighted by molar-refractivity contribution is 5.92. The van der Waals surface area contributed by atoms with Crippen molar-refractivity contribution in [2.75, 3.05) is 25.2 Å². The maximum Gasteiger partial charge on any atom is 0.414 e. The molecule has 1 amide bonds. The molecule has 0 bridgehead atoms. The number of nitrogens with zero attached hydrogens (tertiary/aromatic N) is 2. The number of benzene rings is 1. The summed E-state index contributed by atoms with van der Waals surface area (Å²) in [6, 6.07) is 2.98. The van der Waals surface area contributed by atoms with Crippen LogP contribution in [0.4, 0.5) is 16.2 Å². The molecule has 1 aromatic carbocycles. The Labute approximate surface area is 127 Å². The normalized spacial score (nSPS) is 13.5. The minimum Gasteiger partial charge on any atom is -0.486 e. The largest absolute Gasteiger partial charge is 0.486 e. The molecule has 8 nitrogen and oxygen atoms in total. The lowest BCUT2D eigenvalue weighted by molar-refractivity contribution is -0.385. The van der Waals surface area contributed by atoms with Crippen molar-refractivity contribution in [3.63, 3.8) is 0 Å². The molecule has 1 aliphatic rings. The van der Waals surface area contributed by atoms with Crippen molar-refractivity contribution in [3.05, 3.63) is 22.2 Å². The molecule has 0 spiro atoms. The molecule has 0 aromatic heterocycles. The fourth-order valence-electron chi connectivity index (χ4n) is 1.97. The first-order chi connectivity index (χ1) is 10.2. The number of nitro benzene ring substituents is 1. The molecule has 0 saturated heterocycles. The number of carbonyl (C=O) groups excluding carboxylic acids is 1. The Morgan fingerprint density at radius 2 is 1.95 bits per heavy atom. The monoisotopic (exact) mass is 310 g/mol. The molecular weight excluding hydrogens is 292 g/mol. The van der Waals surface area contributed by atoms with Crippen LogP contribution in [-0.2, 0) is 4.74 Å². The van der Waals surface area contributed by atoms with E-state index >= 15 is 0 Å². The van der Waals surface area contributed by atoms with Crippen molar-refractivity contribution >= 4 is 17.5 Å². The van der Waals surface area contributed by atoms with Crippen LogP contribution in [0.1, 0.15) is 20.8 Å². The molecule has 0 radical (unpaired) electrons. The van der Waals surface area contributed by atoms with E-state index in [-0.39, 0.29) is 23.7 Å². The quantitative estimate of drug-likeness (QED) is 0.616. The summed E-state index contributed by atoms with van der Waals surface area (Å²) < 4.78 is 15.9. The number of fused-ring (bicyclic) bond motifs is 1. The summed E-state index contributed by atoms with van der Waals surface area (Å²) in [6.45, 7) is 5.70. The van der Waals surface area contributed by atoms with Crippen LogP contribution in [0.15, 0.2) is 12.1 Å². The minimum absolute atomic E-state index is 0.0316. The average Bonchev–Trinajstić information content (AvgIpc) is 2.43. The molecular formula is C14H18N2O6. The molecule has 0 fully saturated rings. The van der Waals surface area contributed by atoms with Gasteiger partial charge in [0, 0.05) is 7.05 Å². The smallest absolute Gasteiger partial charge is 0.414 e. The van der Waals surface area contributed by atoms with Gasteiger partial charge < -0.3 is 14.2 Å². The van der Waals surface area contributed by atoms with Crippen LogP contribution in [0.25, 0.3) is 0 Å². The van der Waals surface area contributed by atoms with Crippen molar-refractivity contribution in [2.45, 2.75) is 26.4 Å². The molecule has 8 heteroatoms. The lowest BCUT2D eigenvalue weighted by Crippen LogP contribution is -2.34. The molecule has 1 aliphatic heterocycles. The first-order valence-corrected chi connectivity index (χ1v) is 6.74. The van der Waals surface area contributed by atoms with Gasteiger partial charge in [0.25, 0.3) is 0 Å². The van der Waals surface area contributed by atoms with Crippen molar-refractivity contribution in [2.24, 2.45) is 0 Å². The number of amides is 1. The van der Waals surface area contributed by atoms with E-state index in [1.807, 2.05) is 0 Å². The average molecular weight is 310 g/mol. The summed E-state index contributed by atoms with van der Waals surface area (Å²) in [5, 5.41) is 11.4. The maximum absolute atomic E-state index is 12.1. The fourth-order valence-corrected chi connectivity index (χ4v) is 1.97. The third kappa shape index (κ3) is 3.21. The van der Waals surface area contributed by atoms with E-state index in [0.717, 1.165) is 4.90 Å². The highest BCUT2D eigenvalue weighted by atomic mass is 16.6. The molecule has 0 atom stereocenters. The van der Waals surface area contributed by atoms with Gasteiger partial charge in [0.05, 0.1) is 4.92 Å². The Morgan fingerprint density at radius 3 is 2.55 bits per heavy atom. The van der Waals surface area contributed by atoms with Crippen molar-refractivity contribution in [3.8, 4) is 11.5 Å². The number of hydrogen-bond donors (Lipinski definition) is 0. The van der Waals surface area contributed by atoms with Gasteiger partial charge in [-0.3, -0.25) is 15.0 Å². The van der Waals surface area contributed by atoms with Crippen molar-refractivity contribution < 1.29 is 23.9 Å². The predicted molar refractivity (Wildman–Crippen MR) is 78.7 cm³/mol. The SMILES string of the molecule is CN(C(=O)OC(C)(C)C)c1ccc2c(c1[N+](=O)[O-])OCCO2. The molecule has 0 saturated carbocycles. The van der Waals surface area contributed by atoms with E-state index in [9.17, 15) is 14.9 Å². The third-order valence-electron chi connectivity index (χ3n) is 2.87. The third-order valence-corrected chi connectivity index (χ3v) is 2.87. The number of anilines is 1. The second-order valence-electron chi connectivity index (χ2n) is 5.75. The molecule has 22 heavy (non-hydrogen) atoms. The summed E-state index contributed by atoms with van der Waals surface area (Å²) in [5.74, 6) is 0.323. The van der Waals surface area contributed by atoms with E-state index in [0.29, 0.717) is 12.4 Å². The van der Waals surface area contributed by atoms with Gasteiger partial charge in [-0.25, -0.2) is 4.79 Å². The maximum atomic E-state index is 12.1. The zero-order valence-electron chi connectivity index (χ0n) is 12.9. The lowest BCUT2D eigenvalue weighted by Gasteiger charge is -2.25. The van der Waals surface area contributed by atoms with Crippen LogP contribution in [-0.4, -0.2) is 36.9 Å². The first kappa shape index (κ1) is 15.9. The summed E-state index contributed by atoms with van der Waals surface area (Å²) in [5.41, 5.74) is -0.928. The molecule has 0 aliphatic carbocycles. The molecule has 120 valence electrons. The second kappa shape index (κ2) is 5.70. The van der Waals surface area contributed by atoms with Gasteiger partial charge >= 0.3 is 11.8 Å². The summed E-state index contributed by atoms with van der Waals surface area (Å²) in [7, 11) is 1.41. The Kier molecular flexibility index (Phi) is 4.11. The topological polar surface area (TPSA) is 91.1 Å². The van der Waals surface area contributed by atoms with Crippen LogP contribution < -0.4 is 14.4 Å². The van der Waals surface area contributed by atoms with E-state index in [2.05, 4.69) is 0 Å². The number of nitro groups is 1. The minimum atomic E-state index is -0.700. The second-order valence-corrected chi connectivity index (χ2v) is 5.75. The van der Waals surface area contributed by atoms with Gasteiger partial charge in [0.1, 0.15) is 24.5 Å². The molecule has 2 rings (SSSR count). The standard InChI is InChI=1S/C14H18N2O6/c1-14(2,3)22-13(17)15(4)9-5-6-10-12(11(9)16(18)19)21-8-7-20-10/h5-6H,7-8H2,1-4H3. The summed E-state index contributed by atoms with van der Waals surface area (Å²) >= 11 is 0. The first-order valence-electron chi connectivity index (χ1n) is 6.74. The van der Waals surface area contributed by atoms with Gasteiger partial charge in [-0.05, 0) is 32.9 Å². The summed E-state index contributed by atoms with van der Waals surface area (Å²) in [6.07, 6.45) is -0.688. The Balaban J connectivity index is 2.42. The Bertz CT molecular complexity index is 608. The highest BCUT2D eigenvalue weighted by Gasteiger charge is 2.32. The van der Waals surface area contributed by atoms with Crippen molar-refractivity contribution in [1.29, 1.82) is 0 Å². The number of ether oxygens (including phenoxy) is 3. The zero-order valence-corrected chi connectivity index (χ0v) is 12.9. The van der Waals surface area contributed by atoms with E-state index in [4.69, 9.17) is 14.2 Å². The van der Waals surface area contributed by atoms with Gasteiger partial charge in [-0.15, -0.1) is 0 Å². The Morgan fingerprint density at radius 1 is 1.32 bits per heavy atom. The molecule has 0 N–H and O–H groups in total. The van der Waals surface area contributed by atoms with Gasteiger partial charge in [-0.2, -0.15) is 0 Å². The molecule has 1 aromatic rings. The van der Waals surface area contributed by atoms with E-state index in [1.54, 1.807) is 20.8 Å². The number of carbonyl (C=O) groups is 1. The predicted octanol–water partition coefficient (Wildman–Crippen LogP) is 2.74. The Hall–Kier alpha value is -2.51. The number of rotatable bonds is 2. The van der Waals surface area contributed by atoms with Crippen LogP contribution in [0.2, 0.25) is 0 Å². The van der Waals surface area contributed by atoms with Gasteiger partial charge in [-0.1, -0.05) is 0 Å². The van der Waals surface area contributed by atoms with Crippen LogP contribution >= 0.6 is 0 Å². The fraction of sp³-hybridized carbons (Fsp3) is 0.500. The zero-order chi connectivity index (χ0) is 16.5. The van der Waals surface area contributed by atoms with Gasteiger partial charge in [0.2, 0.25) is 5.75 Å². The van der Waals surface area contributed by atoms with Crippen LogP contribution in [0.5, 0.6) is 11.5 Å². The summed E-state index contributed by atoms with van der Waals surface area (Å²) in [4.78, 5) is 24.0. The van der Waals surface area contributed by atoms with E-state index < -0.39 is 16.6 Å². The van der Waals surface area contributed by atoms with Crippen molar-refractivity contribution in [1.82, 2.24) is 0 Å². The number of hydrogen-bond acceptors (Lipinski definition) is 6. The highest BCUT2D eigenvalue weighted by Crippen LogP contribution is 2.45.